The molecule has 2 aromatic rings. The first-order valence-corrected chi connectivity index (χ1v) is 15.2. The van der Waals surface area contributed by atoms with Gasteiger partial charge in [-0.3, -0.25) is 14.3 Å². The van der Waals surface area contributed by atoms with Crippen molar-refractivity contribution < 1.29 is 18.9 Å². The van der Waals surface area contributed by atoms with Crippen molar-refractivity contribution in [2.24, 2.45) is 11.8 Å². The van der Waals surface area contributed by atoms with Crippen molar-refractivity contribution in [1.82, 2.24) is 19.5 Å². The summed E-state index contributed by atoms with van der Waals surface area (Å²) >= 11 is 7.60. The van der Waals surface area contributed by atoms with Crippen LogP contribution in [0.3, 0.4) is 0 Å². The highest BCUT2D eigenvalue weighted by Crippen LogP contribution is 2.75. The summed E-state index contributed by atoms with van der Waals surface area (Å²) in [5.74, 6) is 0.678. The molecule has 2 saturated heterocycles. The summed E-state index contributed by atoms with van der Waals surface area (Å²) in [5, 5.41) is 9.69. The second kappa shape index (κ2) is 8.46. The number of H-pyrrole nitrogens is 1. The van der Waals surface area contributed by atoms with Crippen LogP contribution in [0, 0.1) is 11.8 Å². The largest absolute Gasteiger partial charge is 0.480 e. The first kappa shape index (κ1) is 23.5. The SMILES string of the molecule is C=C(C)[C@@H]1CC[C@]2(C)S[P@@](=S)(OC[C@H]3O[C@@H](n4cnc5c(=O)[nH]c(O)nc54)C[C@@H]3C)O[C@H]2C1. The van der Waals surface area contributed by atoms with Gasteiger partial charge in [-0.15, -0.1) is 0 Å². The molecule has 1 saturated carbocycles. The molecule has 0 amide bonds. The Hall–Kier alpha value is -1.23. The number of fused-ring (bicyclic) bond motifs is 2. The summed E-state index contributed by atoms with van der Waals surface area (Å²) in [5.41, 5.74) is -1.30. The minimum Gasteiger partial charge on any atom is -0.480 e. The zero-order chi connectivity index (χ0) is 23.5. The zero-order valence-electron chi connectivity index (χ0n) is 18.9. The van der Waals surface area contributed by atoms with Crippen molar-refractivity contribution in [3.63, 3.8) is 0 Å². The molecule has 7 atom stereocenters. The lowest BCUT2D eigenvalue weighted by molar-refractivity contribution is -0.0236. The fraction of sp³-hybridized carbons (Fsp3) is 0.667. The second-order valence-corrected chi connectivity index (χ2v) is 16.2. The number of nitrogens with one attached hydrogen (secondary N) is 1. The molecular weight excluding hydrogens is 483 g/mol. The van der Waals surface area contributed by atoms with Crippen molar-refractivity contribution in [2.45, 2.75) is 69.6 Å². The normalized spacial score (nSPS) is 38.6. The molecule has 0 radical (unpaired) electrons. The van der Waals surface area contributed by atoms with E-state index in [0.29, 0.717) is 24.6 Å². The third kappa shape index (κ3) is 4.32. The molecule has 2 N–H and O–H groups in total. The quantitative estimate of drug-likeness (QED) is 0.448. The van der Waals surface area contributed by atoms with E-state index in [1.807, 2.05) is 0 Å². The molecule has 0 aromatic carbocycles. The van der Waals surface area contributed by atoms with E-state index in [0.717, 1.165) is 19.3 Å². The average molecular weight is 513 g/mol. The lowest BCUT2D eigenvalue weighted by Crippen LogP contribution is -2.39. The van der Waals surface area contributed by atoms with Gasteiger partial charge in [0.25, 0.3) is 11.6 Å². The number of aromatic amines is 1. The smallest absolute Gasteiger partial charge is 0.296 e. The van der Waals surface area contributed by atoms with E-state index in [2.05, 4.69) is 42.3 Å². The molecule has 5 rings (SSSR count). The maximum atomic E-state index is 12.0. The first-order valence-electron chi connectivity index (χ1n) is 11.2. The summed E-state index contributed by atoms with van der Waals surface area (Å²) in [7, 11) is 0. The van der Waals surface area contributed by atoms with Crippen LogP contribution in [0.4, 0.5) is 0 Å². The lowest BCUT2D eigenvalue weighted by atomic mass is 9.77. The predicted octanol–water partition coefficient (Wildman–Crippen LogP) is 4.26. The van der Waals surface area contributed by atoms with Gasteiger partial charge in [-0.2, -0.15) is 4.98 Å². The van der Waals surface area contributed by atoms with Gasteiger partial charge in [0.05, 0.1) is 25.1 Å². The highest BCUT2D eigenvalue weighted by atomic mass is 32.9. The van der Waals surface area contributed by atoms with Crippen LogP contribution in [0.5, 0.6) is 6.01 Å². The Kier molecular flexibility index (Phi) is 6.03. The molecule has 3 fully saturated rings. The fourth-order valence-electron chi connectivity index (χ4n) is 4.98. The number of nitrogens with zero attached hydrogens (tertiary/aromatic N) is 3. The van der Waals surface area contributed by atoms with Crippen LogP contribution < -0.4 is 5.56 Å². The first-order chi connectivity index (χ1) is 15.6. The molecule has 9 nitrogen and oxygen atoms in total. The van der Waals surface area contributed by atoms with Crippen LogP contribution in [0.2, 0.25) is 0 Å². The number of aromatic nitrogens is 4. The molecule has 2 aliphatic heterocycles. The van der Waals surface area contributed by atoms with Crippen molar-refractivity contribution in [3.05, 3.63) is 28.8 Å². The van der Waals surface area contributed by atoms with Crippen molar-refractivity contribution in [2.75, 3.05) is 6.61 Å². The number of allylic oxidation sites excluding steroid dienone is 1. The van der Waals surface area contributed by atoms with E-state index < -0.39 is 17.3 Å². The maximum Gasteiger partial charge on any atom is 0.296 e. The van der Waals surface area contributed by atoms with Crippen LogP contribution in [0.15, 0.2) is 23.3 Å². The van der Waals surface area contributed by atoms with Gasteiger partial charge in [-0.25, -0.2) is 4.98 Å². The average Bonchev–Trinajstić information content (AvgIpc) is 3.38. The summed E-state index contributed by atoms with van der Waals surface area (Å²) in [6.07, 6.45) is 4.89. The summed E-state index contributed by atoms with van der Waals surface area (Å²) in [6.45, 7) is 10.9. The van der Waals surface area contributed by atoms with Gasteiger partial charge >= 0.3 is 0 Å². The molecule has 0 bridgehead atoms. The van der Waals surface area contributed by atoms with Crippen LogP contribution in [-0.2, 0) is 25.6 Å². The highest BCUT2D eigenvalue weighted by Gasteiger charge is 2.53. The number of imidazole rings is 1. The number of hydrogen-bond acceptors (Lipinski definition) is 9. The number of ether oxygens (including phenoxy) is 1. The Morgan fingerprint density at radius 3 is 3.09 bits per heavy atom. The van der Waals surface area contributed by atoms with Crippen molar-refractivity contribution in [3.8, 4) is 6.01 Å². The summed E-state index contributed by atoms with van der Waals surface area (Å²) in [4.78, 5) is 22.4. The minimum absolute atomic E-state index is 0.0113. The number of hydrogen-bond donors (Lipinski definition) is 2. The van der Waals surface area contributed by atoms with Crippen LogP contribution >= 0.6 is 17.1 Å². The van der Waals surface area contributed by atoms with E-state index >= 15 is 0 Å². The molecule has 4 heterocycles. The van der Waals surface area contributed by atoms with Gasteiger partial charge in [0, 0.05) is 4.75 Å². The Morgan fingerprint density at radius 1 is 1.55 bits per heavy atom. The monoisotopic (exact) mass is 512 g/mol. The molecule has 180 valence electrons. The fourth-order valence-corrected chi connectivity index (χ4v) is 12.1. The lowest BCUT2D eigenvalue weighted by Gasteiger charge is -2.37. The Labute approximate surface area is 201 Å². The Bertz CT molecular complexity index is 1200. The molecular formula is C21H29N4O5PS2. The van der Waals surface area contributed by atoms with Gasteiger partial charge in [-0.05, 0) is 63.2 Å². The van der Waals surface area contributed by atoms with Gasteiger partial charge in [0.2, 0.25) is 5.69 Å². The van der Waals surface area contributed by atoms with Gasteiger partial charge in [0.15, 0.2) is 11.2 Å². The molecule has 12 heteroatoms. The zero-order valence-corrected chi connectivity index (χ0v) is 21.4. The topological polar surface area (TPSA) is 111 Å². The summed E-state index contributed by atoms with van der Waals surface area (Å²) < 4.78 is 20.6. The molecule has 33 heavy (non-hydrogen) atoms. The van der Waals surface area contributed by atoms with Crippen LogP contribution in [-0.4, -0.2) is 48.2 Å². The van der Waals surface area contributed by atoms with E-state index in [-0.39, 0.29) is 34.6 Å². The second-order valence-electron chi connectivity index (χ2n) is 9.61. The van der Waals surface area contributed by atoms with Crippen molar-refractivity contribution in [1.29, 1.82) is 0 Å². The maximum absolute atomic E-state index is 12.0. The van der Waals surface area contributed by atoms with E-state index in [1.165, 1.54) is 11.9 Å². The van der Waals surface area contributed by atoms with E-state index in [4.69, 9.17) is 25.6 Å². The van der Waals surface area contributed by atoms with Gasteiger partial charge in [-0.1, -0.05) is 30.5 Å². The standard InChI is InChI=1S/C21H29N4O5PS2/c1-11(2)13-5-6-21(4)15(8-13)30-31(32,33-21)28-9-14-12(3)7-16(29-14)25-10-22-17-18(25)23-20(27)24-19(17)26/h10,12-16H,1,5-9H2,2-4H3,(H2,23,24,26,27)/t12-,13+,14+,15-,16+,21-,31-/m0/s1. The molecule has 2 aromatic heterocycles. The minimum atomic E-state index is -2.48. The van der Waals surface area contributed by atoms with Gasteiger partial charge in [0.1, 0.15) is 6.23 Å². The molecule has 3 aliphatic rings. The van der Waals surface area contributed by atoms with Crippen molar-refractivity contribution >= 4 is 40.0 Å². The third-order valence-corrected chi connectivity index (χ3v) is 12.9. The third-order valence-electron chi connectivity index (χ3n) is 7.11. The van der Waals surface area contributed by atoms with Crippen LogP contribution in [0.25, 0.3) is 11.2 Å². The number of rotatable bonds is 5. The van der Waals surface area contributed by atoms with E-state index in [1.54, 1.807) is 15.9 Å². The molecule has 0 spiro atoms. The Morgan fingerprint density at radius 2 is 2.33 bits per heavy atom. The predicted molar refractivity (Wildman–Crippen MR) is 131 cm³/mol. The van der Waals surface area contributed by atoms with Crippen LogP contribution in [0.1, 0.15) is 52.7 Å². The Balaban J connectivity index is 1.26. The molecule has 1 aliphatic carbocycles. The number of aromatic hydroxyl groups is 1. The highest BCUT2D eigenvalue weighted by molar-refractivity contribution is 8.68. The van der Waals surface area contributed by atoms with Gasteiger partial charge < -0.3 is 18.9 Å². The molecule has 0 unspecified atom stereocenters. The van der Waals surface area contributed by atoms with E-state index in [9.17, 15) is 9.90 Å². The summed E-state index contributed by atoms with van der Waals surface area (Å²) in [6, 6.07) is -0.447.